The SMILES string of the molecule is CS(=O)(=O)c1ccc(S(=O)CC(N)CCO)cc1. The minimum absolute atomic E-state index is 0.0363. The van der Waals surface area contributed by atoms with Crippen LogP contribution < -0.4 is 5.73 Å². The lowest BCUT2D eigenvalue weighted by Crippen LogP contribution is -2.28. The van der Waals surface area contributed by atoms with Gasteiger partial charge < -0.3 is 10.8 Å². The van der Waals surface area contributed by atoms with Gasteiger partial charge in [0.15, 0.2) is 9.84 Å². The third-order valence-electron chi connectivity index (χ3n) is 2.38. The Labute approximate surface area is 109 Å². The average Bonchev–Trinajstić information content (AvgIpc) is 2.28. The molecule has 0 heterocycles. The molecule has 102 valence electrons. The van der Waals surface area contributed by atoms with Crippen molar-refractivity contribution in [2.45, 2.75) is 22.3 Å². The zero-order valence-electron chi connectivity index (χ0n) is 10.1. The topological polar surface area (TPSA) is 97.5 Å². The normalized spacial score (nSPS) is 15.3. The van der Waals surface area contributed by atoms with E-state index in [0.29, 0.717) is 11.3 Å². The number of aliphatic hydroxyl groups excluding tert-OH is 1. The Hall–Kier alpha value is -0.760. The number of sulfone groups is 1. The van der Waals surface area contributed by atoms with Crippen molar-refractivity contribution in [2.24, 2.45) is 5.73 Å². The lowest BCUT2D eigenvalue weighted by Gasteiger charge is -2.09. The first-order chi connectivity index (χ1) is 8.34. The first kappa shape index (κ1) is 15.3. The summed E-state index contributed by atoms with van der Waals surface area (Å²) in [5, 5.41) is 8.70. The fourth-order valence-electron chi connectivity index (χ4n) is 1.38. The second kappa shape index (κ2) is 6.42. The fourth-order valence-corrected chi connectivity index (χ4v) is 3.20. The zero-order chi connectivity index (χ0) is 13.8. The molecule has 0 amide bonds. The molecule has 5 nitrogen and oxygen atoms in total. The minimum atomic E-state index is -3.23. The molecule has 1 aromatic rings. The number of benzene rings is 1. The third-order valence-corrected chi connectivity index (χ3v) is 5.04. The van der Waals surface area contributed by atoms with E-state index in [1.807, 2.05) is 0 Å². The first-order valence-electron chi connectivity index (χ1n) is 5.39. The Morgan fingerprint density at radius 2 is 1.89 bits per heavy atom. The maximum atomic E-state index is 11.9. The van der Waals surface area contributed by atoms with E-state index in [-0.39, 0.29) is 23.3 Å². The molecule has 2 atom stereocenters. The van der Waals surface area contributed by atoms with Gasteiger partial charge in [0.25, 0.3) is 0 Å². The van der Waals surface area contributed by atoms with Crippen LogP contribution in [0.3, 0.4) is 0 Å². The Bertz CT molecular complexity index is 510. The lowest BCUT2D eigenvalue weighted by molar-refractivity contribution is 0.279. The Kier molecular flexibility index (Phi) is 5.46. The standard InChI is InChI=1S/C11H17NO4S2/c1-18(15,16)11-4-2-10(3-5-11)17(14)8-9(12)6-7-13/h2-5,9,13H,6-8,12H2,1H3. The maximum Gasteiger partial charge on any atom is 0.175 e. The highest BCUT2D eigenvalue weighted by molar-refractivity contribution is 7.90. The van der Waals surface area contributed by atoms with Crippen LogP contribution in [0.1, 0.15) is 6.42 Å². The van der Waals surface area contributed by atoms with Crippen molar-refractivity contribution in [3.05, 3.63) is 24.3 Å². The Morgan fingerprint density at radius 3 is 2.33 bits per heavy atom. The molecule has 3 N–H and O–H groups in total. The summed E-state index contributed by atoms with van der Waals surface area (Å²) in [7, 11) is -4.51. The number of aliphatic hydroxyl groups is 1. The third kappa shape index (κ3) is 4.49. The van der Waals surface area contributed by atoms with Gasteiger partial charge in [-0.05, 0) is 30.7 Å². The van der Waals surface area contributed by atoms with Crippen LogP contribution in [0.15, 0.2) is 34.1 Å². The number of hydrogen-bond acceptors (Lipinski definition) is 5. The van der Waals surface area contributed by atoms with Gasteiger partial charge in [-0.3, -0.25) is 4.21 Å². The number of hydrogen-bond donors (Lipinski definition) is 2. The van der Waals surface area contributed by atoms with E-state index < -0.39 is 20.6 Å². The summed E-state index contributed by atoms with van der Waals surface area (Å²) in [5.74, 6) is 0.249. The second-order valence-electron chi connectivity index (χ2n) is 4.03. The van der Waals surface area contributed by atoms with Crippen molar-refractivity contribution in [3.63, 3.8) is 0 Å². The molecule has 1 aromatic carbocycles. The smallest absolute Gasteiger partial charge is 0.175 e. The van der Waals surface area contributed by atoms with E-state index in [0.717, 1.165) is 6.26 Å². The van der Waals surface area contributed by atoms with Crippen molar-refractivity contribution < 1.29 is 17.7 Å². The molecule has 2 unspecified atom stereocenters. The molecule has 0 spiro atoms. The van der Waals surface area contributed by atoms with Gasteiger partial charge in [-0.15, -0.1) is 0 Å². The monoisotopic (exact) mass is 291 g/mol. The average molecular weight is 291 g/mol. The minimum Gasteiger partial charge on any atom is -0.396 e. The summed E-state index contributed by atoms with van der Waals surface area (Å²) in [5.41, 5.74) is 5.67. The molecule has 0 saturated carbocycles. The number of nitrogens with two attached hydrogens (primary N) is 1. The lowest BCUT2D eigenvalue weighted by atomic mass is 10.3. The van der Waals surface area contributed by atoms with Gasteiger partial charge in [-0.1, -0.05) is 0 Å². The van der Waals surface area contributed by atoms with E-state index in [1.165, 1.54) is 24.3 Å². The Morgan fingerprint density at radius 1 is 1.33 bits per heavy atom. The zero-order valence-corrected chi connectivity index (χ0v) is 11.7. The van der Waals surface area contributed by atoms with Gasteiger partial charge in [0, 0.05) is 29.6 Å². The Balaban J connectivity index is 2.77. The molecule has 0 aliphatic carbocycles. The van der Waals surface area contributed by atoms with Crippen LogP contribution in [0.25, 0.3) is 0 Å². The summed E-state index contributed by atoms with van der Waals surface area (Å²) >= 11 is 0. The van der Waals surface area contributed by atoms with Crippen molar-refractivity contribution in [2.75, 3.05) is 18.6 Å². The summed E-state index contributed by atoms with van der Waals surface area (Å²) < 4.78 is 34.4. The summed E-state index contributed by atoms with van der Waals surface area (Å²) in [6.45, 7) is -0.0363. The van der Waals surface area contributed by atoms with Gasteiger partial charge in [0.05, 0.1) is 15.7 Å². The van der Waals surface area contributed by atoms with E-state index in [9.17, 15) is 12.6 Å². The van der Waals surface area contributed by atoms with Crippen molar-refractivity contribution >= 4 is 20.6 Å². The first-order valence-corrected chi connectivity index (χ1v) is 8.60. The van der Waals surface area contributed by atoms with Gasteiger partial charge in [0.2, 0.25) is 0 Å². The van der Waals surface area contributed by atoms with Crippen molar-refractivity contribution in [1.82, 2.24) is 0 Å². The predicted octanol–water partition coefficient (Wildman–Crippen LogP) is -0.0926. The highest BCUT2D eigenvalue weighted by atomic mass is 32.2. The van der Waals surface area contributed by atoms with Crippen LogP contribution in [-0.2, 0) is 20.6 Å². The summed E-state index contributed by atoms with van der Waals surface area (Å²) in [6.07, 6.45) is 1.52. The quantitative estimate of drug-likeness (QED) is 0.763. The van der Waals surface area contributed by atoms with Gasteiger partial charge >= 0.3 is 0 Å². The molecule has 0 saturated heterocycles. The van der Waals surface area contributed by atoms with E-state index in [1.54, 1.807) is 0 Å². The van der Waals surface area contributed by atoms with E-state index >= 15 is 0 Å². The highest BCUT2D eigenvalue weighted by Gasteiger charge is 2.12. The largest absolute Gasteiger partial charge is 0.396 e. The highest BCUT2D eigenvalue weighted by Crippen LogP contribution is 2.13. The van der Waals surface area contributed by atoms with Crippen LogP contribution in [0.2, 0.25) is 0 Å². The van der Waals surface area contributed by atoms with Gasteiger partial charge in [-0.2, -0.15) is 0 Å². The van der Waals surface area contributed by atoms with Gasteiger partial charge in [-0.25, -0.2) is 8.42 Å². The molecule has 0 fully saturated rings. The summed E-state index contributed by atoms with van der Waals surface area (Å²) in [6, 6.07) is 5.58. The molecular weight excluding hydrogens is 274 g/mol. The number of rotatable bonds is 6. The van der Waals surface area contributed by atoms with Crippen LogP contribution in [-0.4, -0.2) is 42.4 Å². The van der Waals surface area contributed by atoms with Crippen LogP contribution in [0.5, 0.6) is 0 Å². The van der Waals surface area contributed by atoms with E-state index in [2.05, 4.69) is 0 Å². The molecule has 18 heavy (non-hydrogen) atoms. The van der Waals surface area contributed by atoms with Crippen molar-refractivity contribution in [3.8, 4) is 0 Å². The molecule has 0 aliphatic heterocycles. The fraction of sp³-hybridized carbons (Fsp3) is 0.455. The predicted molar refractivity (Wildman–Crippen MR) is 70.5 cm³/mol. The molecule has 0 bridgehead atoms. The van der Waals surface area contributed by atoms with Crippen LogP contribution >= 0.6 is 0 Å². The molecule has 1 rings (SSSR count). The molecule has 0 radical (unpaired) electrons. The molecule has 0 aliphatic rings. The van der Waals surface area contributed by atoms with Gasteiger partial charge in [0.1, 0.15) is 0 Å². The summed E-state index contributed by atoms with van der Waals surface area (Å²) in [4.78, 5) is 0.735. The van der Waals surface area contributed by atoms with E-state index in [4.69, 9.17) is 10.8 Å². The van der Waals surface area contributed by atoms with Crippen LogP contribution in [0.4, 0.5) is 0 Å². The van der Waals surface area contributed by atoms with Crippen LogP contribution in [0, 0.1) is 0 Å². The second-order valence-corrected chi connectivity index (χ2v) is 7.54. The molecule has 0 aromatic heterocycles. The maximum absolute atomic E-state index is 11.9. The van der Waals surface area contributed by atoms with Crippen molar-refractivity contribution in [1.29, 1.82) is 0 Å². The molecular formula is C11H17NO4S2. The molecule has 7 heteroatoms.